The molecule has 0 amide bonds. The quantitative estimate of drug-likeness (QED) is 0.240. The van der Waals surface area contributed by atoms with E-state index in [1.54, 1.807) is 4.90 Å². The summed E-state index contributed by atoms with van der Waals surface area (Å²) in [6.07, 6.45) is -14.2. The minimum atomic E-state index is -8.51. The lowest BCUT2D eigenvalue weighted by atomic mass is 10.6. The summed E-state index contributed by atoms with van der Waals surface area (Å²) in [7, 11) is 1.18. The molecular weight excluding hydrogens is 415 g/mol. The fraction of sp³-hybridized carbons (Fsp3) is 0.900. The molecule has 16 heteroatoms. The highest BCUT2D eigenvalue weighted by Gasteiger charge is 2.78. The van der Waals surface area contributed by atoms with Crippen LogP contribution in [0.25, 0.3) is 0 Å². The van der Waals surface area contributed by atoms with Gasteiger partial charge in [-0.15, -0.1) is 0 Å². The Kier molecular flexibility index (Phi) is 7.83. The largest absolute Gasteiger partial charge is 0.790 e. The van der Waals surface area contributed by atoms with Crippen LogP contribution < -0.4 is 4.89 Å². The van der Waals surface area contributed by atoms with Gasteiger partial charge < -0.3 is 14.4 Å². The fourth-order valence-corrected chi connectivity index (χ4v) is 2.13. The van der Waals surface area contributed by atoms with Gasteiger partial charge in [0.1, 0.15) is 0 Å². The zero-order valence-corrected chi connectivity index (χ0v) is 14.8. The van der Waals surface area contributed by atoms with E-state index in [2.05, 4.69) is 0 Å². The van der Waals surface area contributed by atoms with E-state index in [0.717, 1.165) is 0 Å². The summed E-state index contributed by atoms with van der Waals surface area (Å²) in [5, 5.41) is 7.49. The van der Waals surface area contributed by atoms with Crippen molar-refractivity contribution in [2.45, 2.75) is 23.7 Å². The second-order valence-corrected chi connectivity index (χ2v) is 8.09. The summed E-state index contributed by atoms with van der Waals surface area (Å²) in [4.78, 5) is 11.9. The Hall–Kier alpha value is -1.08. The molecule has 26 heavy (non-hydrogen) atoms. The van der Waals surface area contributed by atoms with Gasteiger partial charge in [-0.1, -0.05) is 0 Å². The smallest absolute Gasteiger partial charge is 0.459 e. The number of nitrogens with zero attached hydrogens (tertiary/aromatic N) is 2. The lowest BCUT2D eigenvalue weighted by Gasteiger charge is -2.38. The van der Waals surface area contributed by atoms with Crippen LogP contribution in [-0.4, -0.2) is 74.3 Å². The molecule has 0 fully saturated rings. The molecule has 0 atom stereocenters. The number of quaternary nitrogens is 1. The average Bonchev–Trinajstić information content (AvgIpc) is 2.34. The first kappa shape index (κ1) is 27.1. The second-order valence-electron chi connectivity index (χ2n) is 5.86. The van der Waals surface area contributed by atoms with E-state index < -0.39 is 31.0 Å². The van der Waals surface area contributed by atoms with E-state index in [4.69, 9.17) is 5.41 Å². The number of rotatable bonds is 2. The van der Waals surface area contributed by atoms with Crippen LogP contribution in [-0.2, 0) is 4.57 Å². The van der Waals surface area contributed by atoms with Crippen LogP contribution >= 0.6 is 7.37 Å². The van der Waals surface area contributed by atoms with Crippen LogP contribution in [0.3, 0.4) is 0 Å². The Morgan fingerprint density at radius 3 is 1.15 bits per heavy atom. The summed E-state index contributed by atoms with van der Waals surface area (Å²) < 4.78 is 127. The summed E-state index contributed by atoms with van der Waals surface area (Å²) >= 11 is 0. The third kappa shape index (κ3) is 5.46. The molecule has 0 saturated carbocycles. The van der Waals surface area contributed by atoms with Gasteiger partial charge >= 0.3 is 23.7 Å². The van der Waals surface area contributed by atoms with E-state index in [-0.39, 0.29) is 0 Å². The number of hydrogen-bond donors (Lipinski definition) is 1. The minimum Gasteiger partial charge on any atom is -0.790 e. The van der Waals surface area contributed by atoms with Crippen LogP contribution in [0, 0.1) is 5.41 Å². The summed E-state index contributed by atoms with van der Waals surface area (Å²) in [5.74, 6) is 0.606. The molecule has 0 aliphatic heterocycles. The van der Waals surface area contributed by atoms with Gasteiger partial charge in [0.05, 0.1) is 21.1 Å². The standard InChI is InChI=1S/C6H16N3.C4HF10O2P/c1-8(2)6(7)9(3,4)5;5-1(6,7)3(11,12)17(15,16)4(13,14)2(8,9)10/h7H,1-5H3;(H,15,16)/q+1;/p-1. The van der Waals surface area contributed by atoms with Gasteiger partial charge in [0.15, 0.2) is 7.37 Å². The van der Waals surface area contributed by atoms with Crippen molar-refractivity contribution in [2.24, 2.45) is 0 Å². The molecule has 0 aromatic carbocycles. The second kappa shape index (κ2) is 7.50. The first-order valence-electron chi connectivity index (χ1n) is 6.14. The fourth-order valence-electron chi connectivity index (χ4n) is 1.11. The molecule has 0 aliphatic carbocycles. The van der Waals surface area contributed by atoms with Gasteiger partial charge in [0.25, 0.3) is 5.96 Å². The van der Waals surface area contributed by atoms with Gasteiger partial charge in [0, 0.05) is 14.1 Å². The Balaban J connectivity index is 0. The zero-order valence-electron chi connectivity index (χ0n) is 13.9. The number of alkyl halides is 10. The normalized spacial score (nSPS) is 14.5. The summed E-state index contributed by atoms with van der Waals surface area (Å²) in [6.45, 7) is 0. The molecule has 1 N–H and O–H groups in total. The van der Waals surface area contributed by atoms with Gasteiger partial charge in [-0.3, -0.25) is 4.48 Å². The van der Waals surface area contributed by atoms with Crippen molar-refractivity contribution >= 4 is 13.3 Å². The Morgan fingerprint density at radius 2 is 1.08 bits per heavy atom. The lowest BCUT2D eigenvalue weighted by Crippen LogP contribution is -2.50. The SMILES string of the molecule is CN(C)C(=N)[N+](C)(C)C.O=P([O-])(C(F)(F)C(F)(F)F)C(F)(F)C(F)(F)F. The third-order valence-corrected chi connectivity index (χ3v) is 4.47. The van der Waals surface area contributed by atoms with Gasteiger partial charge in [-0.2, -0.15) is 43.9 Å². The first-order valence-corrected chi connectivity index (χ1v) is 7.76. The molecular formula is C10H16F10N3O2P. The number of nitrogens with one attached hydrogen (secondary N) is 1. The van der Waals surface area contributed by atoms with Crippen molar-refractivity contribution in [1.82, 2.24) is 4.90 Å². The van der Waals surface area contributed by atoms with Crippen molar-refractivity contribution in [3.63, 3.8) is 0 Å². The molecule has 0 saturated heterocycles. The molecule has 5 nitrogen and oxygen atoms in total. The predicted octanol–water partition coefficient (Wildman–Crippen LogP) is 3.12. The number of hydrogen-bond acceptors (Lipinski definition) is 3. The topological polar surface area (TPSA) is 67.2 Å². The Morgan fingerprint density at radius 1 is 0.846 bits per heavy atom. The highest BCUT2D eigenvalue weighted by Crippen LogP contribution is 2.72. The van der Waals surface area contributed by atoms with Crippen LogP contribution in [0.4, 0.5) is 43.9 Å². The van der Waals surface area contributed by atoms with E-state index in [9.17, 15) is 53.4 Å². The number of guanidine groups is 1. The molecule has 0 radical (unpaired) electrons. The maximum Gasteiger partial charge on any atom is 0.459 e. The van der Waals surface area contributed by atoms with Gasteiger partial charge in [0.2, 0.25) is 0 Å². The predicted molar refractivity (Wildman–Crippen MR) is 69.1 cm³/mol. The maximum atomic E-state index is 12.1. The van der Waals surface area contributed by atoms with Crippen LogP contribution in [0.1, 0.15) is 0 Å². The molecule has 0 heterocycles. The summed E-state index contributed by atoms with van der Waals surface area (Å²) in [6, 6.07) is 0. The minimum absolute atomic E-state index is 0.576. The Bertz CT molecular complexity index is 521. The van der Waals surface area contributed by atoms with Crippen LogP contribution in [0.5, 0.6) is 0 Å². The zero-order chi connectivity index (χ0) is 22.2. The summed E-state index contributed by atoms with van der Waals surface area (Å²) in [5.41, 5.74) is -14.4. The maximum absolute atomic E-state index is 12.1. The van der Waals surface area contributed by atoms with Crippen molar-refractivity contribution in [2.75, 3.05) is 35.2 Å². The van der Waals surface area contributed by atoms with E-state index >= 15 is 0 Å². The first-order chi connectivity index (χ1) is 10.9. The van der Waals surface area contributed by atoms with E-state index in [1.807, 2.05) is 35.2 Å². The van der Waals surface area contributed by atoms with Gasteiger partial charge in [-0.25, -0.2) is 5.41 Å². The molecule has 158 valence electrons. The third-order valence-electron chi connectivity index (χ3n) is 2.48. The number of halogens is 10. The molecule has 0 unspecified atom stereocenters. The van der Waals surface area contributed by atoms with Crippen molar-refractivity contribution < 1.29 is 57.8 Å². The average molecular weight is 431 g/mol. The van der Waals surface area contributed by atoms with Crippen molar-refractivity contribution in [3.8, 4) is 0 Å². The van der Waals surface area contributed by atoms with Crippen LogP contribution in [0.2, 0.25) is 0 Å². The Labute approximate surface area is 141 Å². The van der Waals surface area contributed by atoms with E-state index in [1.165, 1.54) is 0 Å². The molecule has 0 aromatic heterocycles. The molecule has 0 bridgehead atoms. The molecule has 0 aliphatic rings. The monoisotopic (exact) mass is 431 g/mol. The van der Waals surface area contributed by atoms with Crippen molar-refractivity contribution in [3.05, 3.63) is 0 Å². The molecule has 0 spiro atoms. The van der Waals surface area contributed by atoms with Crippen molar-refractivity contribution in [1.29, 1.82) is 5.41 Å². The lowest BCUT2D eigenvalue weighted by molar-refractivity contribution is -0.783. The molecule has 0 aromatic rings. The highest BCUT2D eigenvalue weighted by atomic mass is 31.2. The van der Waals surface area contributed by atoms with Gasteiger partial charge in [-0.05, 0) is 0 Å². The van der Waals surface area contributed by atoms with E-state index in [0.29, 0.717) is 10.4 Å². The molecule has 0 rings (SSSR count). The van der Waals surface area contributed by atoms with Crippen LogP contribution in [0.15, 0.2) is 0 Å². The highest BCUT2D eigenvalue weighted by molar-refractivity contribution is 7.59.